The fourth-order valence-electron chi connectivity index (χ4n) is 1.73. The lowest BCUT2D eigenvalue weighted by Crippen LogP contribution is -2.27. The van der Waals surface area contributed by atoms with Crippen molar-refractivity contribution in [2.24, 2.45) is 0 Å². The van der Waals surface area contributed by atoms with Gasteiger partial charge >= 0.3 is 5.97 Å². The van der Waals surface area contributed by atoms with Gasteiger partial charge in [-0.1, -0.05) is 48.0 Å². The molecule has 1 aromatic heterocycles. The van der Waals surface area contributed by atoms with E-state index in [9.17, 15) is 14.7 Å². The fraction of sp³-hybridized carbons (Fsp3) is 0.0714. The van der Waals surface area contributed by atoms with E-state index in [-0.39, 0.29) is 11.0 Å². The van der Waals surface area contributed by atoms with E-state index in [0.717, 1.165) is 0 Å². The van der Waals surface area contributed by atoms with Gasteiger partial charge in [-0.15, -0.1) is 0 Å². The monoisotopic (exact) mass is 290 g/mol. The van der Waals surface area contributed by atoms with Gasteiger partial charge in [-0.05, 0) is 17.7 Å². The molecule has 0 radical (unpaired) electrons. The Balaban J connectivity index is 2.23. The molecule has 6 heteroatoms. The van der Waals surface area contributed by atoms with Gasteiger partial charge in [-0.25, -0.2) is 4.98 Å². The zero-order valence-corrected chi connectivity index (χ0v) is 11.0. The lowest BCUT2D eigenvalue weighted by molar-refractivity contribution is -0.141. The molecular formula is C14H11ClN2O3. The van der Waals surface area contributed by atoms with Gasteiger partial charge in [0, 0.05) is 0 Å². The number of carboxylic acid groups (broad SMARTS) is 1. The topological polar surface area (TPSA) is 79.3 Å². The number of rotatable bonds is 4. The van der Waals surface area contributed by atoms with Gasteiger partial charge in [0.25, 0.3) is 0 Å². The van der Waals surface area contributed by atoms with Crippen LogP contribution in [-0.2, 0) is 9.59 Å². The van der Waals surface area contributed by atoms with Crippen LogP contribution in [0.4, 0.5) is 5.82 Å². The second-order valence-corrected chi connectivity index (χ2v) is 4.40. The number of anilines is 1. The first kappa shape index (κ1) is 14.0. The highest BCUT2D eigenvalue weighted by atomic mass is 35.5. The van der Waals surface area contributed by atoms with Gasteiger partial charge in [0.1, 0.15) is 11.0 Å². The van der Waals surface area contributed by atoms with Crippen LogP contribution in [0.15, 0.2) is 48.5 Å². The molecule has 102 valence electrons. The number of carboxylic acids is 1. The Labute approximate surface area is 120 Å². The molecule has 0 fully saturated rings. The maximum absolute atomic E-state index is 12.1. The molecule has 0 saturated heterocycles. The molecule has 5 nitrogen and oxygen atoms in total. The summed E-state index contributed by atoms with van der Waals surface area (Å²) in [5.74, 6) is -2.98. The lowest BCUT2D eigenvalue weighted by Gasteiger charge is -2.12. The second-order valence-electron chi connectivity index (χ2n) is 4.02. The maximum atomic E-state index is 12.1. The zero-order valence-electron chi connectivity index (χ0n) is 10.3. The van der Waals surface area contributed by atoms with Crippen molar-refractivity contribution >= 4 is 29.3 Å². The first-order valence-electron chi connectivity index (χ1n) is 5.79. The first-order valence-corrected chi connectivity index (χ1v) is 6.17. The van der Waals surface area contributed by atoms with Crippen molar-refractivity contribution in [3.05, 3.63) is 59.2 Å². The first-order chi connectivity index (χ1) is 9.58. The lowest BCUT2D eigenvalue weighted by atomic mass is 9.98. The Kier molecular flexibility index (Phi) is 4.32. The van der Waals surface area contributed by atoms with E-state index in [1.807, 2.05) is 0 Å². The quantitative estimate of drug-likeness (QED) is 0.670. The number of amides is 1. The molecule has 2 N–H and O–H groups in total. The van der Waals surface area contributed by atoms with Crippen molar-refractivity contribution in [3.8, 4) is 0 Å². The molecule has 1 amide bonds. The Morgan fingerprint density at radius 2 is 1.80 bits per heavy atom. The number of hydrogen-bond acceptors (Lipinski definition) is 3. The van der Waals surface area contributed by atoms with Gasteiger partial charge < -0.3 is 10.4 Å². The molecule has 0 spiro atoms. The highest BCUT2D eigenvalue weighted by Gasteiger charge is 2.28. The Morgan fingerprint density at radius 1 is 1.10 bits per heavy atom. The zero-order chi connectivity index (χ0) is 14.5. The SMILES string of the molecule is O=C(O)C(C(=O)Nc1cccc(Cl)n1)c1ccccc1. The maximum Gasteiger partial charge on any atom is 0.320 e. The van der Waals surface area contributed by atoms with Crippen LogP contribution in [0.1, 0.15) is 11.5 Å². The number of pyridine rings is 1. The van der Waals surface area contributed by atoms with Crippen molar-refractivity contribution < 1.29 is 14.7 Å². The van der Waals surface area contributed by atoms with Crippen molar-refractivity contribution in [2.75, 3.05) is 5.32 Å². The largest absolute Gasteiger partial charge is 0.480 e. The van der Waals surface area contributed by atoms with E-state index < -0.39 is 17.8 Å². The summed E-state index contributed by atoms with van der Waals surface area (Å²) in [6, 6.07) is 13.0. The van der Waals surface area contributed by atoms with Crippen LogP contribution in [0, 0.1) is 0 Å². The molecule has 1 atom stereocenters. The van der Waals surface area contributed by atoms with Gasteiger partial charge in [0.05, 0.1) is 0 Å². The van der Waals surface area contributed by atoms with Crippen LogP contribution in [-0.4, -0.2) is 22.0 Å². The average molecular weight is 291 g/mol. The summed E-state index contributed by atoms with van der Waals surface area (Å²) < 4.78 is 0. The van der Waals surface area contributed by atoms with Crippen LogP contribution >= 0.6 is 11.6 Å². The Hall–Kier alpha value is -2.40. The fourth-order valence-corrected chi connectivity index (χ4v) is 1.89. The number of carbonyl (C=O) groups is 2. The summed E-state index contributed by atoms with van der Waals surface area (Å²) >= 11 is 5.71. The van der Waals surface area contributed by atoms with E-state index in [2.05, 4.69) is 10.3 Å². The molecule has 1 aromatic carbocycles. The van der Waals surface area contributed by atoms with Crippen LogP contribution in [0.2, 0.25) is 5.15 Å². The van der Waals surface area contributed by atoms with Gasteiger partial charge in [-0.3, -0.25) is 9.59 Å². The van der Waals surface area contributed by atoms with Crippen LogP contribution in [0.3, 0.4) is 0 Å². The predicted molar refractivity (Wildman–Crippen MR) is 74.7 cm³/mol. The third-order valence-corrected chi connectivity index (χ3v) is 2.82. The standard InChI is InChI=1S/C14H11ClN2O3/c15-10-7-4-8-11(16-10)17-13(18)12(14(19)20)9-5-2-1-3-6-9/h1-8,12H,(H,19,20)(H,16,17,18). The molecule has 0 aliphatic carbocycles. The summed E-state index contributed by atoms with van der Waals surface area (Å²) in [6.07, 6.45) is 0. The van der Waals surface area contributed by atoms with Crippen molar-refractivity contribution in [3.63, 3.8) is 0 Å². The minimum Gasteiger partial charge on any atom is -0.480 e. The number of carbonyl (C=O) groups excluding carboxylic acids is 1. The molecular weight excluding hydrogens is 280 g/mol. The van der Waals surface area contributed by atoms with Crippen LogP contribution < -0.4 is 5.32 Å². The molecule has 0 aliphatic heterocycles. The molecule has 20 heavy (non-hydrogen) atoms. The normalized spacial score (nSPS) is 11.7. The number of benzene rings is 1. The number of aliphatic carboxylic acids is 1. The minimum atomic E-state index is -1.29. The molecule has 0 bridgehead atoms. The molecule has 1 heterocycles. The second kappa shape index (κ2) is 6.16. The van der Waals surface area contributed by atoms with Gasteiger partial charge in [0.2, 0.25) is 5.91 Å². The Bertz CT molecular complexity index is 631. The van der Waals surface area contributed by atoms with E-state index in [1.54, 1.807) is 42.5 Å². The van der Waals surface area contributed by atoms with Crippen LogP contribution in [0.25, 0.3) is 0 Å². The molecule has 0 aliphatic rings. The van der Waals surface area contributed by atoms with E-state index in [1.165, 1.54) is 6.07 Å². The summed E-state index contributed by atoms with van der Waals surface area (Å²) in [7, 11) is 0. The minimum absolute atomic E-state index is 0.213. The third-order valence-electron chi connectivity index (χ3n) is 2.61. The number of nitrogens with one attached hydrogen (secondary N) is 1. The molecule has 2 rings (SSSR count). The van der Waals surface area contributed by atoms with Gasteiger partial charge in [0.15, 0.2) is 5.92 Å². The van der Waals surface area contributed by atoms with Crippen molar-refractivity contribution in [1.82, 2.24) is 4.98 Å². The van der Waals surface area contributed by atoms with E-state index in [0.29, 0.717) is 5.56 Å². The van der Waals surface area contributed by atoms with Crippen molar-refractivity contribution in [2.45, 2.75) is 5.92 Å². The number of halogens is 1. The number of nitrogens with zero attached hydrogens (tertiary/aromatic N) is 1. The van der Waals surface area contributed by atoms with E-state index in [4.69, 9.17) is 11.6 Å². The molecule has 0 saturated carbocycles. The van der Waals surface area contributed by atoms with Crippen molar-refractivity contribution in [1.29, 1.82) is 0 Å². The summed E-state index contributed by atoms with van der Waals surface area (Å²) in [5.41, 5.74) is 0.402. The predicted octanol–water partition coefficient (Wildman–Crippen LogP) is 2.54. The molecule has 2 aromatic rings. The van der Waals surface area contributed by atoms with E-state index >= 15 is 0 Å². The highest BCUT2D eigenvalue weighted by molar-refractivity contribution is 6.29. The summed E-state index contributed by atoms with van der Waals surface area (Å²) in [6.45, 7) is 0. The number of aromatic nitrogens is 1. The number of hydrogen-bond donors (Lipinski definition) is 2. The molecule has 1 unspecified atom stereocenters. The third kappa shape index (κ3) is 3.33. The highest BCUT2D eigenvalue weighted by Crippen LogP contribution is 2.18. The van der Waals surface area contributed by atoms with Crippen LogP contribution in [0.5, 0.6) is 0 Å². The average Bonchev–Trinajstić information content (AvgIpc) is 2.39. The summed E-state index contributed by atoms with van der Waals surface area (Å²) in [4.78, 5) is 27.3. The van der Waals surface area contributed by atoms with Gasteiger partial charge in [-0.2, -0.15) is 0 Å². The smallest absolute Gasteiger partial charge is 0.320 e. The Morgan fingerprint density at radius 3 is 2.40 bits per heavy atom. The summed E-state index contributed by atoms with van der Waals surface area (Å²) in [5, 5.41) is 11.9.